The van der Waals surface area contributed by atoms with Crippen LogP contribution in [0.1, 0.15) is 21.5 Å². The standard InChI is InChI=1S/C16H15FO3/c1-10-8-11(17)4-6-13(10)16(18)14-7-5-12(19-2)9-15(14)20-3/h4-9H,1-3H3. The van der Waals surface area contributed by atoms with Gasteiger partial charge in [0.05, 0.1) is 19.8 Å². The third-order valence-corrected chi connectivity index (χ3v) is 3.09. The summed E-state index contributed by atoms with van der Waals surface area (Å²) in [6.45, 7) is 1.70. The number of rotatable bonds is 4. The minimum Gasteiger partial charge on any atom is -0.497 e. The molecule has 0 aromatic heterocycles. The highest BCUT2D eigenvalue weighted by molar-refractivity contribution is 6.11. The molecule has 2 rings (SSSR count). The van der Waals surface area contributed by atoms with Gasteiger partial charge in [0.2, 0.25) is 0 Å². The Bertz CT molecular complexity index is 650. The molecule has 0 radical (unpaired) electrons. The molecule has 20 heavy (non-hydrogen) atoms. The number of carbonyl (C=O) groups is 1. The molecular formula is C16H15FO3. The van der Waals surface area contributed by atoms with E-state index >= 15 is 0 Å². The first-order valence-electron chi connectivity index (χ1n) is 6.09. The first-order chi connectivity index (χ1) is 9.56. The van der Waals surface area contributed by atoms with Gasteiger partial charge in [-0.15, -0.1) is 0 Å². The molecule has 0 unspecified atom stereocenters. The van der Waals surface area contributed by atoms with Gasteiger partial charge in [0.1, 0.15) is 17.3 Å². The van der Waals surface area contributed by atoms with Crippen molar-refractivity contribution in [2.24, 2.45) is 0 Å². The fourth-order valence-electron chi connectivity index (χ4n) is 2.01. The lowest BCUT2D eigenvalue weighted by atomic mass is 9.98. The van der Waals surface area contributed by atoms with Gasteiger partial charge in [0.25, 0.3) is 0 Å². The monoisotopic (exact) mass is 274 g/mol. The molecule has 0 fully saturated rings. The number of aryl methyl sites for hydroxylation is 1. The van der Waals surface area contributed by atoms with E-state index in [2.05, 4.69) is 0 Å². The van der Waals surface area contributed by atoms with Crippen LogP contribution in [-0.4, -0.2) is 20.0 Å². The molecule has 0 bridgehead atoms. The molecule has 0 spiro atoms. The van der Waals surface area contributed by atoms with Gasteiger partial charge in [-0.3, -0.25) is 4.79 Å². The van der Waals surface area contributed by atoms with E-state index in [9.17, 15) is 9.18 Å². The second kappa shape index (κ2) is 5.74. The third-order valence-electron chi connectivity index (χ3n) is 3.09. The number of hydrogen-bond acceptors (Lipinski definition) is 3. The van der Waals surface area contributed by atoms with Crippen molar-refractivity contribution in [2.45, 2.75) is 6.92 Å². The van der Waals surface area contributed by atoms with Crippen LogP contribution in [0.25, 0.3) is 0 Å². The molecule has 2 aromatic carbocycles. The van der Waals surface area contributed by atoms with Crippen LogP contribution in [0.5, 0.6) is 11.5 Å². The number of halogens is 1. The Morgan fingerprint density at radius 1 is 1.00 bits per heavy atom. The summed E-state index contributed by atoms with van der Waals surface area (Å²) in [4.78, 5) is 12.5. The van der Waals surface area contributed by atoms with Crippen molar-refractivity contribution in [1.82, 2.24) is 0 Å². The molecule has 4 heteroatoms. The molecule has 2 aromatic rings. The summed E-state index contributed by atoms with van der Waals surface area (Å²) in [6, 6.07) is 9.07. The number of hydrogen-bond donors (Lipinski definition) is 0. The summed E-state index contributed by atoms with van der Waals surface area (Å²) in [5.74, 6) is 0.468. The first-order valence-corrected chi connectivity index (χ1v) is 6.09. The molecule has 0 heterocycles. The van der Waals surface area contributed by atoms with Crippen molar-refractivity contribution >= 4 is 5.78 Å². The maximum absolute atomic E-state index is 13.1. The summed E-state index contributed by atoms with van der Waals surface area (Å²) < 4.78 is 23.4. The molecule has 104 valence electrons. The molecule has 0 N–H and O–H groups in total. The highest BCUT2D eigenvalue weighted by Crippen LogP contribution is 2.27. The normalized spacial score (nSPS) is 10.2. The van der Waals surface area contributed by atoms with E-state index in [1.165, 1.54) is 25.3 Å². The van der Waals surface area contributed by atoms with Crippen LogP contribution in [0.4, 0.5) is 4.39 Å². The van der Waals surface area contributed by atoms with E-state index in [4.69, 9.17) is 9.47 Å². The maximum Gasteiger partial charge on any atom is 0.197 e. The lowest BCUT2D eigenvalue weighted by Crippen LogP contribution is -2.06. The highest BCUT2D eigenvalue weighted by atomic mass is 19.1. The van der Waals surface area contributed by atoms with Crippen LogP contribution in [0.3, 0.4) is 0 Å². The highest BCUT2D eigenvalue weighted by Gasteiger charge is 2.17. The number of ketones is 1. The Morgan fingerprint density at radius 2 is 1.70 bits per heavy atom. The largest absolute Gasteiger partial charge is 0.497 e. The molecular weight excluding hydrogens is 259 g/mol. The van der Waals surface area contributed by atoms with E-state index < -0.39 is 0 Å². The summed E-state index contributed by atoms with van der Waals surface area (Å²) >= 11 is 0. The van der Waals surface area contributed by atoms with E-state index in [-0.39, 0.29) is 11.6 Å². The van der Waals surface area contributed by atoms with Gasteiger partial charge in [-0.1, -0.05) is 0 Å². The van der Waals surface area contributed by atoms with Crippen molar-refractivity contribution in [1.29, 1.82) is 0 Å². The van der Waals surface area contributed by atoms with Crippen LogP contribution < -0.4 is 9.47 Å². The molecule has 0 atom stereocenters. The summed E-state index contributed by atoms with van der Waals surface area (Å²) in [7, 11) is 3.03. The zero-order valence-corrected chi connectivity index (χ0v) is 11.6. The molecule has 0 saturated carbocycles. The van der Waals surface area contributed by atoms with Crippen LogP contribution in [-0.2, 0) is 0 Å². The predicted molar refractivity (Wildman–Crippen MR) is 74.1 cm³/mol. The van der Waals surface area contributed by atoms with E-state index in [0.29, 0.717) is 28.2 Å². The van der Waals surface area contributed by atoms with Crippen molar-refractivity contribution < 1.29 is 18.7 Å². The molecule has 0 aliphatic rings. The minimum atomic E-state index is -0.360. The van der Waals surface area contributed by atoms with Gasteiger partial charge in [-0.2, -0.15) is 0 Å². The third kappa shape index (κ3) is 2.64. The smallest absolute Gasteiger partial charge is 0.197 e. The topological polar surface area (TPSA) is 35.5 Å². The number of benzene rings is 2. The molecule has 0 aliphatic carbocycles. The van der Waals surface area contributed by atoms with Crippen molar-refractivity contribution in [3.8, 4) is 11.5 Å². The van der Waals surface area contributed by atoms with Crippen molar-refractivity contribution in [3.05, 3.63) is 58.9 Å². The van der Waals surface area contributed by atoms with Gasteiger partial charge >= 0.3 is 0 Å². The first kappa shape index (κ1) is 14.1. The number of carbonyl (C=O) groups excluding carboxylic acids is 1. The van der Waals surface area contributed by atoms with Gasteiger partial charge in [0, 0.05) is 11.6 Å². The maximum atomic E-state index is 13.1. The SMILES string of the molecule is COc1ccc(C(=O)c2ccc(F)cc2C)c(OC)c1. The summed E-state index contributed by atoms with van der Waals surface area (Å²) in [5.41, 5.74) is 1.46. The average molecular weight is 274 g/mol. The second-order valence-corrected chi connectivity index (χ2v) is 4.35. The average Bonchev–Trinajstić information content (AvgIpc) is 2.46. The van der Waals surface area contributed by atoms with Gasteiger partial charge in [-0.05, 0) is 42.8 Å². The molecule has 3 nitrogen and oxygen atoms in total. The van der Waals surface area contributed by atoms with E-state index in [0.717, 1.165) is 0 Å². The molecule has 0 amide bonds. The van der Waals surface area contributed by atoms with Gasteiger partial charge < -0.3 is 9.47 Å². The number of methoxy groups -OCH3 is 2. The van der Waals surface area contributed by atoms with Crippen LogP contribution >= 0.6 is 0 Å². The van der Waals surface area contributed by atoms with E-state index in [1.807, 2.05) is 0 Å². The van der Waals surface area contributed by atoms with Gasteiger partial charge in [-0.25, -0.2) is 4.39 Å². The fourth-order valence-corrected chi connectivity index (χ4v) is 2.01. The second-order valence-electron chi connectivity index (χ2n) is 4.35. The number of ether oxygens (including phenoxy) is 2. The fraction of sp³-hybridized carbons (Fsp3) is 0.188. The van der Waals surface area contributed by atoms with Crippen LogP contribution in [0, 0.1) is 12.7 Å². The zero-order chi connectivity index (χ0) is 14.7. The Hall–Kier alpha value is -2.36. The quantitative estimate of drug-likeness (QED) is 0.802. The summed E-state index contributed by atoms with van der Waals surface area (Å²) in [6.07, 6.45) is 0. The minimum absolute atomic E-state index is 0.206. The predicted octanol–water partition coefficient (Wildman–Crippen LogP) is 3.38. The van der Waals surface area contributed by atoms with Gasteiger partial charge in [0.15, 0.2) is 5.78 Å². The van der Waals surface area contributed by atoms with Crippen molar-refractivity contribution in [2.75, 3.05) is 14.2 Å². The van der Waals surface area contributed by atoms with Crippen LogP contribution in [0.15, 0.2) is 36.4 Å². The van der Waals surface area contributed by atoms with E-state index in [1.54, 1.807) is 32.2 Å². The molecule has 0 aliphatic heterocycles. The Morgan fingerprint density at radius 3 is 2.30 bits per heavy atom. The Labute approximate surface area is 117 Å². The zero-order valence-electron chi connectivity index (χ0n) is 11.6. The van der Waals surface area contributed by atoms with Crippen molar-refractivity contribution in [3.63, 3.8) is 0 Å². The van der Waals surface area contributed by atoms with Crippen LogP contribution in [0.2, 0.25) is 0 Å². The molecule has 0 saturated heterocycles. The lowest BCUT2D eigenvalue weighted by Gasteiger charge is -2.11. The lowest BCUT2D eigenvalue weighted by molar-refractivity contribution is 0.103. The summed E-state index contributed by atoms with van der Waals surface area (Å²) in [5, 5.41) is 0. The Kier molecular flexibility index (Phi) is 4.03. The Balaban J connectivity index is 2.47.